The normalized spacial score (nSPS) is 16.3. The number of carbonyl (C=O) groups excluding carboxylic acids is 2. The first-order chi connectivity index (χ1) is 13.2. The van der Waals surface area contributed by atoms with E-state index in [4.69, 9.17) is 9.47 Å². The quantitative estimate of drug-likeness (QED) is 0.715. The second-order valence-corrected chi connectivity index (χ2v) is 8.28. The molecular weight excluding hydrogens is 358 g/mol. The van der Waals surface area contributed by atoms with Crippen molar-refractivity contribution in [1.82, 2.24) is 10.2 Å². The number of anilines is 1. The molecule has 1 aromatic rings. The molecule has 1 N–H and O–H groups in total. The average molecular weight is 392 g/mol. The fourth-order valence-electron chi connectivity index (χ4n) is 2.95. The van der Waals surface area contributed by atoms with Gasteiger partial charge < -0.3 is 19.7 Å². The van der Waals surface area contributed by atoms with E-state index in [9.17, 15) is 9.59 Å². The Morgan fingerprint density at radius 1 is 1.18 bits per heavy atom. The van der Waals surface area contributed by atoms with Gasteiger partial charge >= 0.3 is 5.97 Å². The Balaban J connectivity index is 1.99. The SMILES string of the molecule is CN(C)c1ccc([C@H](CNC(=O)COC(=O)C(C)(C)C)N2CCOCC2)cc1. The number of esters is 1. The van der Waals surface area contributed by atoms with Gasteiger partial charge in [-0.25, -0.2) is 0 Å². The Morgan fingerprint density at radius 2 is 1.79 bits per heavy atom. The molecule has 7 heteroatoms. The third kappa shape index (κ3) is 6.49. The van der Waals surface area contributed by atoms with E-state index in [2.05, 4.69) is 39.4 Å². The van der Waals surface area contributed by atoms with Crippen LogP contribution in [0.4, 0.5) is 5.69 Å². The largest absolute Gasteiger partial charge is 0.455 e. The van der Waals surface area contributed by atoms with Crippen LogP contribution < -0.4 is 10.2 Å². The summed E-state index contributed by atoms with van der Waals surface area (Å²) in [5.74, 6) is -0.674. The van der Waals surface area contributed by atoms with Gasteiger partial charge in [-0.2, -0.15) is 0 Å². The van der Waals surface area contributed by atoms with E-state index in [0.29, 0.717) is 19.8 Å². The number of hydrogen-bond acceptors (Lipinski definition) is 6. The van der Waals surface area contributed by atoms with E-state index in [1.165, 1.54) is 0 Å². The lowest BCUT2D eigenvalue weighted by molar-refractivity contribution is -0.156. The van der Waals surface area contributed by atoms with Crippen molar-refractivity contribution >= 4 is 17.6 Å². The maximum absolute atomic E-state index is 12.2. The maximum Gasteiger partial charge on any atom is 0.311 e. The van der Waals surface area contributed by atoms with Gasteiger partial charge in [0.2, 0.25) is 0 Å². The first-order valence-electron chi connectivity index (χ1n) is 9.71. The Hall–Kier alpha value is -2.12. The zero-order valence-electron chi connectivity index (χ0n) is 17.7. The van der Waals surface area contributed by atoms with Gasteiger partial charge in [0.1, 0.15) is 0 Å². The van der Waals surface area contributed by atoms with Crippen LogP contribution >= 0.6 is 0 Å². The molecule has 1 fully saturated rings. The molecule has 0 aliphatic carbocycles. The van der Waals surface area contributed by atoms with Crippen LogP contribution in [0.2, 0.25) is 0 Å². The second kappa shape index (κ2) is 9.89. The Morgan fingerprint density at radius 3 is 2.32 bits per heavy atom. The highest BCUT2D eigenvalue weighted by molar-refractivity contribution is 5.82. The molecule has 1 aromatic carbocycles. The van der Waals surface area contributed by atoms with E-state index in [0.717, 1.165) is 24.3 Å². The van der Waals surface area contributed by atoms with Gasteiger partial charge in [-0.3, -0.25) is 14.5 Å². The summed E-state index contributed by atoms with van der Waals surface area (Å²) in [4.78, 5) is 28.4. The predicted molar refractivity (Wildman–Crippen MR) is 109 cm³/mol. The zero-order valence-corrected chi connectivity index (χ0v) is 17.7. The molecule has 1 aliphatic heterocycles. The van der Waals surface area contributed by atoms with E-state index >= 15 is 0 Å². The number of benzene rings is 1. The van der Waals surface area contributed by atoms with E-state index in [1.807, 2.05) is 14.1 Å². The third-order valence-corrected chi connectivity index (χ3v) is 4.72. The molecule has 7 nitrogen and oxygen atoms in total. The number of amides is 1. The molecule has 28 heavy (non-hydrogen) atoms. The highest BCUT2D eigenvalue weighted by atomic mass is 16.5. The first-order valence-corrected chi connectivity index (χ1v) is 9.71. The first kappa shape index (κ1) is 22.2. The summed E-state index contributed by atoms with van der Waals surface area (Å²) in [5, 5.41) is 2.91. The van der Waals surface area contributed by atoms with Crippen molar-refractivity contribution in [2.75, 3.05) is 58.5 Å². The van der Waals surface area contributed by atoms with Gasteiger partial charge in [-0.05, 0) is 38.5 Å². The van der Waals surface area contributed by atoms with Crippen LogP contribution in [0.1, 0.15) is 32.4 Å². The molecule has 0 bridgehead atoms. The Labute approximate surface area is 168 Å². The second-order valence-electron chi connectivity index (χ2n) is 8.28. The molecule has 1 heterocycles. The van der Waals surface area contributed by atoms with E-state index < -0.39 is 5.41 Å². The molecular formula is C21H33N3O4. The number of ether oxygens (including phenoxy) is 2. The Kier molecular flexibility index (Phi) is 7.83. The number of nitrogens with zero attached hydrogens (tertiary/aromatic N) is 2. The molecule has 0 unspecified atom stereocenters. The number of nitrogens with one attached hydrogen (secondary N) is 1. The van der Waals surface area contributed by atoms with Gasteiger partial charge in [-0.1, -0.05) is 12.1 Å². The monoisotopic (exact) mass is 391 g/mol. The highest BCUT2D eigenvalue weighted by Crippen LogP contribution is 2.24. The van der Waals surface area contributed by atoms with Crippen LogP contribution in [0, 0.1) is 5.41 Å². The number of hydrogen-bond donors (Lipinski definition) is 1. The van der Waals surface area contributed by atoms with Crippen LogP contribution in [0.5, 0.6) is 0 Å². The molecule has 1 amide bonds. The number of morpholine rings is 1. The van der Waals surface area contributed by atoms with Crippen LogP contribution in [0.3, 0.4) is 0 Å². The van der Waals surface area contributed by atoms with Crippen LogP contribution in [0.25, 0.3) is 0 Å². The van der Waals surface area contributed by atoms with Crippen molar-refractivity contribution in [2.45, 2.75) is 26.8 Å². The standard InChI is InChI=1S/C21H33N3O4/c1-21(2,3)20(26)28-15-19(25)22-14-18(24-10-12-27-13-11-24)16-6-8-17(9-7-16)23(4)5/h6-9,18H,10-15H2,1-5H3,(H,22,25)/t18-/m0/s1. The summed E-state index contributed by atoms with van der Waals surface area (Å²) in [7, 11) is 4.02. The molecule has 1 atom stereocenters. The Bertz CT molecular complexity index is 647. The maximum atomic E-state index is 12.2. The molecule has 0 radical (unpaired) electrons. The van der Waals surface area contributed by atoms with Gasteiger partial charge in [0.05, 0.1) is 24.7 Å². The summed E-state index contributed by atoms with van der Waals surface area (Å²) in [6.07, 6.45) is 0. The summed E-state index contributed by atoms with van der Waals surface area (Å²) in [6.45, 7) is 8.48. The van der Waals surface area contributed by atoms with Gasteiger partial charge in [0.25, 0.3) is 5.91 Å². The third-order valence-electron chi connectivity index (χ3n) is 4.72. The molecule has 1 saturated heterocycles. The number of rotatable bonds is 7. The van der Waals surface area contributed by atoms with Gasteiger partial charge in [0, 0.05) is 39.4 Å². The van der Waals surface area contributed by atoms with Gasteiger partial charge in [0.15, 0.2) is 6.61 Å². The summed E-state index contributed by atoms with van der Waals surface area (Å²) in [5.41, 5.74) is 1.65. The van der Waals surface area contributed by atoms with Crippen molar-refractivity contribution in [3.8, 4) is 0 Å². The van der Waals surface area contributed by atoms with Crippen LogP contribution in [-0.2, 0) is 19.1 Å². The van der Waals surface area contributed by atoms with Gasteiger partial charge in [-0.15, -0.1) is 0 Å². The minimum absolute atomic E-state index is 0.0439. The van der Waals surface area contributed by atoms with Crippen molar-refractivity contribution in [2.24, 2.45) is 5.41 Å². The lowest BCUT2D eigenvalue weighted by atomic mass is 9.97. The van der Waals surface area contributed by atoms with E-state index in [-0.39, 0.29) is 24.5 Å². The topological polar surface area (TPSA) is 71.1 Å². The summed E-state index contributed by atoms with van der Waals surface area (Å²) >= 11 is 0. The highest BCUT2D eigenvalue weighted by Gasteiger charge is 2.25. The van der Waals surface area contributed by atoms with Crippen molar-refractivity contribution < 1.29 is 19.1 Å². The summed E-state index contributed by atoms with van der Waals surface area (Å²) < 4.78 is 10.6. The van der Waals surface area contributed by atoms with Crippen molar-refractivity contribution in [3.63, 3.8) is 0 Å². The smallest absolute Gasteiger partial charge is 0.311 e. The lowest BCUT2D eigenvalue weighted by Gasteiger charge is -2.35. The molecule has 2 rings (SSSR count). The summed E-state index contributed by atoms with van der Waals surface area (Å²) in [6, 6.07) is 8.40. The zero-order chi connectivity index (χ0) is 20.7. The molecule has 0 spiro atoms. The fourth-order valence-corrected chi connectivity index (χ4v) is 2.95. The molecule has 156 valence electrons. The van der Waals surface area contributed by atoms with E-state index in [1.54, 1.807) is 20.8 Å². The number of carbonyl (C=O) groups is 2. The van der Waals surface area contributed by atoms with Crippen LogP contribution in [-0.4, -0.2) is 70.3 Å². The predicted octanol–water partition coefficient (Wildman–Crippen LogP) is 1.83. The van der Waals surface area contributed by atoms with Crippen LogP contribution in [0.15, 0.2) is 24.3 Å². The minimum Gasteiger partial charge on any atom is -0.455 e. The average Bonchev–Trinajstić information content (AvgIpc) is 2.66. The molecule has 0 aromatic heterocycles. The molecule has 1 aliphatic rings. The fraction of sp³-hybridized carbons (Fsp3) is 0.619. The minimum atomic E-state index is -0.620. The lowest BCUT2D eigenvalue weighted by Crippen LogP contribution is -2.44. The van der Waals surface area contributed by atoms with Crippen molar-refractivity contribution in [1.29, 1.82) is 0 Å². The molecule has 0 saturated carbocycles. The van der Waals surface area contributed by atoms with Crippen molar-refractivity contribution in [3.05, 3.63) is 29.8 Å².